The third-order valence-corrected chi connectivity index (χ3v) is 2.70. The van der Waals surface area contributed by atoms with Crippen molar-refractivity contribution in [3.8, 4) is 11.1 Å². The number of halogens is 1. The average Bonchev–Trinajstić information content (AvgIpc) is 2.78. The van der Waals surface area contributed by atoms with Gasteiger partial charge >= 0.3 is 0 Å². The molecule has 0 aliphatic rings. The summed E-state index contributed by atoms with van der Waals surface area (Å²) in [5.74, 6) is -0.207. The summed E-state index contributed by atoms with van der Waals surface area (Å²) in [6.45, 7) is 3.52. The lowest BCUT2D eigenvalue weighted by molar-refractivity contribution is 0.624. The van der Waals surface area contributed by atoms with Crippen LogP contribution in [0.15, 0.2) is 30.6 Å². The molecule has 0 saturated heterocycles. The molecule has 1 heterocycles. The number of nitrogens with zero attached hydrogens (tertiary/aromatic N) is 2. The zero-order valence-electron chi connectivity index (χ0n) is 10.1. The van der Waals surface area contributed by atoms with E-state index in [9.17, 15) is 4.39 Å². The second-order valence-electron chi connectivity index (χ2n) is 3.92. The Morgan fingerprint density at radius 2 is 2.24 bits per heavy atom. The lowest BCUT2D eigenvalue weighted by Crippen LogP contribution is -2.06. The average molecular weight is 233 g/mol. The summed E-state index contributed by atoms with van der Waals surface area (Å²) in [6, 6.07) is 4.85. The molecule has 2 rings (SSSR count). The molecule has 0 amide bonds. The van der Waals surface area contributed by atoms with E-state index in [0.717, 1.165) is 23.2 Å². The Morgan fingerprint density at radius 3 is 2.88 bits per heavy atom. The van der Waals surface area contributed by atoms with E-state index >= 15 is 0 Å². The summed E-state index contributed by atoms with van der Waals surface area (Å²) < 4.78 is 15.1. The van der Waals surface area contributed by atoms with Crippen molar-refractivity contribution in [3.05, 3.63) is 42.0 Å². The van der Waals surface area contributed by atoms with Crippen LogP contribution < -0.4 is 5.32 Å². The molecule has 0 bridgehead atoms. The predicted octanol–water partition coefficient (Wildman–Crippen LogP) is 2.43. The van der Waals surface area contributed by atoms with Crippen LogP contribution in [-0.4, -0.2) is 16.8 Å². The van der Waals surface area contributed by atoms with Gasteiger partial charge in [0.25, 0.3) is 0 Å². The monoisotopic (exact) mass is 233 g/mol. The first kappa shape index (κ1) is 11.8. The van der Waals surface area contributed by atoms with Gasteiger partial charge in [-0.2, -0.15) is 5.10 Å². The fourth-order valence-corrected chi connectivity index (χ4v) is 1.86. The molecule has 1 N–H and O–H groups in total. The van der Waals surface area contributed by atoms with Gasteiger partial charge in [0.15, 0.2) is 0 Å². The van der Waals surface area contributed by atoms with E-state index in [0.29, 0.717) is 6.54 Å². The molecule has 0 saturated carbocycles. The number of benzene rings is 1. The van der Waals surface area contributed by atoms with Crippen LogP contribution in [0.4, 0.5) is 4.39 Å². The molecule has 3 nitrogen and oxygen atoms in total. The van der Waals surface area contributed by atoms with Crippen molar-refractivity contribution < 1.29 is 4.39 Å². The maximum absolute atomic E-state index is 13.2. The van der Waals surface area contributed by atoms with Crippen molar-refractivity contribution in [3.63, 3.8) is 0 Å². The Labute approximate surface area is 100 Å². The van der Waals surface area contributed by atoms with Crippen molar-refractivity contribution in [2.75, 3.05) is 7.05 Å². The normalized spacial score (nSPS) is 10.8. The minimum absolute atomic E-state index is 0.207. The Kier molecular flexibility index (Phi) is 3.54. The Bertz CT molecular complexity index is 505. The molecule has 0 fully saturated rings. The van der Waals surface area contributed by atoms with E-state index in [1.807, 2.05) is 31.0 Å². The van der Waals surface area contributed by atoms with Crippen LogP contribution in [0.5, 0.6) is 0 Å². The summed E-state index contributed by atoms with van der Waals surface area (Å²) in [6.07, 6.45) is 3.79. The zero-order chi connectivity index (χ0) is 12.3. The SMILES string of the molecule is CCn1cc(-c2ccc(F)cc2CNC)cn1. The van der Waals surface area contributed by atoms with Gasteiger partial charge in [0.1, 0.15) is 5.82 Å². The van der Waals surface area contributed by atoms with Crippen molar-refractivity contribution in [1.82, 2.24) is 15.1 Å². The number of rotatable bonds is 4. The Hall–Kier alpha value is -1.68. The van der Waals surface area contributed by atoms with Crippen molar-refractivity contribution in [1.29, 1.82) is 0 Å². The molecule has 0 spiro atoms. The number of aromatic nitrogens is 2. The van der Waals surface area contributed by atoms with E-state index < -0.39 is 0 Å². The molecule has 1 aromatic carbocycles. The first-order chi connectivity index (χ1) is 8.24. The second kappa shape index (κ2) is 5.10. The lowest BCUT2D eigenvalue weighted by Gasteiger charge is -2.07. The number of nitrogens with one attached hydrogen (secondary N) is 1. The fourth-order valence-electron chi connectivity index (χ4n) is 1.86. The molecule has 4 heteroatoms. The molecule has 2 aromatic rings. The zero-order valence-corrected chi connectivity index (χ0v) is 10.1. The third kappa shape index (κ3) is 2.53. The van der Waals surface area contributed by atoms with Gasteiger partial charge in [-0.3, -0.25) is 4.68 Å². The molecule has 0 aliphatic heterocycles. The van der Waals surface area contributed by atoms with E-state index in [2.05, 4.69) is 10.4 Å². The van der Waals surface area contributed by atoms with Gasteiger partial charge < -0.3 is 5.32 Å². The molecule has 0 unspecified atom stereocenters. The highest BCUT2D eigenvalue weighted by Gasteiger charge is 2.07. The highest BCUT2D eigenvalue weighted by molar-refractivity contribution is 5.66. The largest absolute Gasteiger partial charge is 0.316 e. The van der Waals surface area contributed by atoms with Crippen LogP contribution in [0.3, 0.4) is 0 Å². The van der Waals surface area contributed by atoms with Gasteiger partial charge in [0.2, 0.25) is 0 Å². The van der Waals surface area contributed by atoms with Crippen LogP contribution in [0.1, 0.15) is 12.5 Å². The molecule has 17 heavy (non-hydrogen) atoms. The quantitative estimate of drug-likeness (QED) is 0.879. The van der Waals surface area contributed by atoms with Gasteiger partial charge in [-0.15, -0.1) is 0 Å². The first-order valence-corrected chi connectivity index (χ1v) is 5.70. The molecule has 0 aliphatic carbocycles. The summed E-state index contributed by atoms with van der Waals surface area (Å²) >= 11 is 0. The van der Waals surface area contributed by atoms with Crippen LogP contribution in [0.25, 0.3) is 11.1 Å². The maximum Gasteiger partial charge on any atom is 0.123 e. The number of aryl methyl sites for hydroxylation is 1. The van der Waals surface area contributed by atoms with Crippen LogP contribution >= 0.6 is 0 Å². The standard InChI is InChI=1S/C13H16FN3/c1-3-17-9-11(8-16-17)13-5-4-12(14)6-10(13)7-15-2/h4-6,8-9,15H,3,7H2,1-2H3. The minimum Gasteiger partial charge on any atom is -0.316 e. The highest BCUT2D eigenvalue weighted by Crippen LogP contribution is 2.24. The lowest BCUT2D eigenvalue weighted by atomic mass is 10.0. The van der Waals surface area contributed by atoms with Gasteiger partial charge in [-0.05, 0) is 37.2 Å². The van der Waals surface area contributed by atoms with Gasteiger partial charge in [0, 0.05) is 24.8 Å². The van der Waals surface area contributed by atoms with Crippen molar-refractivity contribution in [2.24, 2.45) is 0 Å². The Balaban J connectivity index is 2.42. The summed E-state index contributed by atoms with van der Waals surface area (Å²) in [5, 5.41) is 7.29. The second-order valence-corrected chi connectivity index (χ2v) is 3.92. The smallest absolute Gasteiger partial charge is 0.123 e. The molecular formula is C13H16FN3. The van der Waals surface area contributed by atoms with Crippen molar-refractivity contribution >= 4 is 0 Å². The molecule has 1 aromatic heterocycles. The third-order valence-electron chi connectivity index (χ3n) is 2.70. The van der Waals surface area contributed by atoms with E-state index in [1.54, 1.807) is 12.1 Å². The van der Waals surface area contributed by atoms with Crippen LogP contribution in [-0.2, 0) is 13.1 Å². The van der Waals surface area contributed by atoms with E-state index in [-0.39, 0.29) is 5.82 Å². The highest BCUT2D eigenvalue weighted by atomic mass is 19.1. The molecule has 90 valence electrons. The minimum atomic E-state index is -0.207. The van der Waals surface area contributed by atoms with E-state index in [1.165, 1.54) is 6.07 Å². The first-order valence-electron chi connectivity index (χ1n) is 5.70. The Morgan fingerprint density at radius 1 is 1.41 bits per heavy atom. The fraction of sp³-hybridized carbons (Fsp3) is 0.308. The van der Waals surface area contributed by atoms with Crippen LogP contribution in [0, 0.1) is 5.82 Å². The molecule has 0 atom stereocenters. The summed E-state index contributed by atoms with van der Waals surface area (Å²) in [5.41, 5.74) is 3.00. The number of hydrogen-bond acceptors (Lipinski definition) is 2. The predicted molar refractivity (Wildman–Crippen MR) is 66.1 cm³/mol. The van der Waals surface area contributed by atoms with Crippen molar-refractivity contribution in [2.45, 2.75) is 20.0 Å². The molecular weight excluding hydrogens is 217 g/mol. The van der Waals surface area contributed by atoms with E-state index in [4.69, 9.17) is 0 Å². The van der Waals surface area contributed by atoms with Gasteiger partial charge in [0.05, 0.1) is 6.20 Å². The summed E-state index contributed by atoms with van der Waals surface area (Å²) in [7, 11) is 1.85. The van der Waals surface area contributed by atoms with Crippen LogP contribution in [0.2, 0.25) is 0 Å². The number of hydrogen-bond donors (Lipinski definition) is 1. The molecule has 0 radical (unpaired) electrons. The van der Waals surface area contributed by atoms with Gasteiger partial charge in [-0.25, -0.2) is 4.39 Å². The topological polar surface area (TPSA) is 29.9 Å². The maximum atomic E-state index is 13.2. The summed E-state index contributed by atoms with van der Waals surface area (Å²) in [4.78, 5) is 0. The van der Waals surface area contributed by atoms with Gasteiger partial charge in [-0.1, -0.05) is 6.07 Å².